The van der Waals surface area contributed by atoms with E-state index in [-0.39, 0.29) is 6.04 Å². The van der Waals surface area contributed by atoms with Crippen LogP contribution in [0.25, 0.3) is 0 Å². The fourth-order valence-corrected chi connectivity index (χ4v) is 2.00. The maximum atomic E-state index is 11.2. The van der Waals surface area contributed by atoms with Crippen LogP contribution in [0.2, 0.25) is 0 Å². The van der Waals surface area contributed by atoms with E-state index in [9.17, 15) is 9.90 Å². The Hall–Kier alpha value is -0.610. The van der Waals surface area contributed by atoms with Crippen LogP contribution in [0, 0.1) is 5.92 Å². The van der Waals surface area contributed by atoms with Crippen LogP contribution < -0.4 is 5.32 Å². The molecule has 0 saturated heterocycles. The highest BCUT2D eigenvalue weighted by Crippen LogP contribution is 2.07. The lowest BCUT2D eigenvalue weighted by Crippen LogP contribution is -2.44. The second-order valence-electron chi connectivity index (χ2n) is 5.98. The van der Waals surface area contributed by atoms with Gasteiger partial charge in [0.25, 0.3) is 0 Å². The van der Waals surface area contributed by atoms with Crippen LogP contribution in [0.4, 0.5) is 0 Å². The molecule has 18 heavy (non-hydrogen) atoms. The molecule has 1 atom stereocenters. The molecule has 2 N–H and O–H groups in total. The third-order valence-corrected chi connectivity index (χ3v) is 2.87. The minimum Gasteiger partial charge on any atom is -0.480 e. The van der Waals surface area contributed by atoms with Gasteiger partial charge in [0.1, 0.15) is 6.04 Å². The SMILES string of the molecule is CC(C)CN(CCC(NC(C)C)C(=O)O)C(C)C. The van der Waals surface area contributed by atoms with Gasteiger partial charge in [-0.15, -0.1) is 0 Å². The van der Waals surface area contributed by atoms with Crippen LogP contribution in [0.3, 0.4) is 0 Å². The number of hydrogen-bond acceptors (Lipinski definition) is 3. The van der Waals surface area contributed by atoms with E-state index in [1.807, 2.05) is 13.8 Å². The highest BCUT2D eigenvalue weighted by Gasteiger charge is 2.20. The van der Waals surface area contributed by atoms with Gasteiger partial charge in [-0.3, -0.25) is 4.79 Å². The number of nitrogens with one attached hydrogen (secondary N) is 1. The molecule has 1 unspecified atom stereocenters. The van der Waals surface area contributed by atoms with E-state index in [1.54, 1.807) is 0 Å². The Morgan fingerprint density at radius 3 is 2.06 bits per heavy atom. The lowest BCUT2D eigenvalue weighted by molar-refractivity contribution is -0.140. The van der Waals surface area contributed by atoms with Gasteiger partial charge >= 0.3 is 5.97 Å². The summed E-state index contributed by atoms with van der Waals surface area (Å²) in [5.74, 6) is -0.148. The standard InChI is InChI=1S/C14H30N2O2/c1-10(2)9-16(12(5)6)8-7-13(14(17)18)15-11(3)4/h10-13,15H,7-9H2,1-6H3,(H,17,18). The van der Waals surface area contributed by atoms with E-state index >= 15 is 0 Å². The van der Waals surface area contributed by atoms with Crippen molar-refractivity contribution in [2.45, 2.75) is 66.1 Å². The Balaban J connectivity index is 4.32. The van der Waals surface area contributed by atoms with Crippen molar-refractivity contribution in [1.82, 2.24) is 10.2 Å². The first kappa shape index (κ1) is 17.4. The molecule has 0 radical (unpaired) electrons. The summed E-state index contributed by atoms with van der Waals surface area (Å²) in [5, 5.41) is 12.3. The topological polar surface area (TPSA) is 52.6 Å². The van der Waals surface area contributed by atoms with Gasteiger partial charge in [0.05, 0.1) is 0 Å². The summed E-state index contributed by atoms with van der Waals surface area (Å²) in [6.45, 7) is 14.5. The summed E-state index contributed by atoms with van der Waals surface area (Å²) in [6.07, 6.45) is 0.651. The zero-order valence-corrected chi connectivity index (χ0v) is 12.7. The Kier molecular flexibility index (Phi) is 8.20. The molecule has 0 aromatic heterocycles. The van der Waals surface area contributed by atoms with Gasteiger partial charge in [-0.05, 0) is 26.2 Å². The van der Waals surface area contributed by atoms with E-state index in [1.165, 1.54) is 0 Å². The molecule has 0 aliphatic heterocycles. The highest BCUT2D eigenvalue weighted by molar-refractivity contribution is 5.73. The van der Waals surface area contributed by atoms with Crippen LogP contribution in [0.15, 0.2) is 0 Å². The molecule has 0 aromatic rings. The quantitative estimate of drug-likeness (QED) is 0.665. The van der Waals surface area contributed by atoms with Crippen LogP contribution in [0.5, 0.6) is 0 Å². The largest absolute Gasteiger partial charge is 0.480 e. The number of rotatable bonds is 9. The summed E-state index contributed by atoms with van der Waals surface area (Å²) in [7, 11) is 0. The second-order valence-corrected chi connectivity index (χ2v) is 5.98. The van der Waals surface area contributed by atoms with Gasteiger partial charge in [0.2, 0.25) is 0 Å². The van der Waals surface area contributed by atoms with Crippen molar-refractivity contribution in [3.8, 4) is 0 Å². The Labute approximate surface area is 112 Å². The molecule has 4 heteroatoms. The smallest absolute Gasteiger partial charge is 0.320 e. The summed E-state index contributed by atoms with van der Waals surface area (Å²) in [5.41, 5.74) is 0. The summed E-state index contributed by atoms with van der Waals surface area (Å²) in [4.78, 5) is 13.5. The molecule has 108 valence electrons. The van der Waals surface area contributed by atoms with Crippen LogP contribution in [-0.4, -0.2) is 47.2 Å². The van der Waals surface area contributed by atoms with Gasteiger partial charge in [-0.25, -0.2) is 0 Å². The number of nitrogens with zero attached hydrogens (tertiary/aromatic N) is 1. The molecule has 0 spiro atoms. The first-order chi connectivity index (χ1) is 8.23. The van der Waals surface area contributed by atoms with E-state index in [0.29, 0.717) is 18.4 Å². The highest BCUT2D eigenvalue weighted by atomic mass is 16.4. The molecule has 0 aromatic carbocycles. The van der Waals surface area contributed by atoms with Gasteiger partial charge in [-0.1, -0.05) is 27.7 Å². The normalized spacial score (nSPS) is 13.9. The molecule has 4 nitrogen and oxygen atoms in total. The average Bonchev–Trinajstić information content (AvgIpc) is 2.20. The van der Waals surface area contributed by atoms with Crippen LogP contribution in [-0.2, 0) is 4.79 Å². The van der Waals surface area contributed by atoms with Gasteiger partial charge in [-0.2, -0.15) is 0 Å². The minimum absolute atomic E-state index is 0.198. The lowest BCUT2D eigenvalue weighted by atomic mass is 10.1. The second kappa shape index (κ2) is 8.48. The minimum atomic E-state index is -0.753. The van der Waals surface area contributed by atoms with Gasteiger partial charge < -0.3 is 15.3 Å². The monoisotopic (exact) mass is 258 g/mol. The van der Waals surface area contributed by atoms with Crippen molar-refractivity contribution < 1.29 is 9.90 Å². The third-order valence-electron chi connectivity index (χ3n) is 2.87. The summed E-state index contributed by atoms with van der Waals surface area (Å²) >= 11 is 0. The molecular formula is C14H30N2O2. The van der Waals surface area contributed by atoms with Crippen LogP contribution in [0.1, 0.15) is 48.0 Å². The average molecular weight is 258 g/mol. The summed E-state index contributed by atoms with van der Waals surface area (Å²) < 4.78 is 0. The van der Waals surface area contributed by atoms with Crippen molar-refractivity contribution in [2.24, 2.45) is 5.92 Å². The fraction of sp³-hybridized carbons (Fsp3) is 0.929. The molecule has 0 rings (SSSR count). The molecule has 0 saturated carbocycles. The summed E-state index contributed by atoms with van der Waals surface area (Å²) in [6, 6.07) is 0.211. The zero-order valence-electron chi connectivity index (χ0n) is 12.7. The number of hydrogen-bond donors (Lipinski definition) is 2. The predicted molar refractivity (Wildman–Crippen MR) is 75.9 cm³/mol. The first-order valence-electron chi connectivity index (χ1n) is 6.97. The Morgan fingerprint density at radius 2 is 1.72 bits per heavy atom. The maximum Gasteiger partial charge on any atom is 0.320 e. The van der Waals surface area contributed by atoms with Crippen molar-refractivity contribution in [3.05, 3.63) is 0 Å². The molecule has 0 aliphatic carbocycles. The number of carbonyl (C=O) groups is 1. The maximum absolute atomic E-state index is 11.2. The fourth-order valence-electron chi connectivity index (χ4n) is 2.00. The Bertz CT molecular complexity index is 240. The van der Waals surface area contributed by atoms with Crippen molar-refractivity contribution in [2.75, 3.05) is 13.1 Å². The van der Waals surface area contributed by atoms with E-state index < -0.39 is 12.0 Å². The van der Waals surface area contributed by atoms with Crippen molar-refractivity contribution in [3.63, 3.8) is 0 Å². The molecule has 0 heterocycles. The van der Waals surface area contributed by atoms with E-state index in [4.69, 9.17) is 0 Å². The zero-order chi connectivity index (χ0) is 14.3. The first-order valence-corrected chi connectivity index (χ1v) is 6.97. The van der Waals surface area contributed by atoms with E-state index in [2.05, 4.69) is 37.9 Å². The molecule has 0 amide bonds. The molecule has 0 fully saturated rings. The van der Waals surface area contributed by atoms with Crippen molar-refractivity contribution in [1.29, 1.82) is 0 Å². The molecular weight excluding hydrogens is 228 g/mol. The number of carboxylic acid groups (broad SMARTS) is 1. The lowest BCUT2D eigenvalue weighted by Gasteiger charge is -2.29. The molecule has 0 bridgehead atoms. The van der Waals surface area contributed by atoms with Gasteiger partial charge in [0.15, 0.2) is 0 Å². The number of carboxylic acids is 1. The Morgan fingerprint density at radius 1 is 1.17 bits per heavy atom. The van der Waals surface area contributed by atoms with Crippen LogP contribution >= 0.6 is 0 Å². The van der Waals surface area contributed by atoms with Crippen molar-refractivity contribution >= 4 is 5.97 Å². The van der Waals surface area contributed by atoms with E-state index in [0.717, 1.165) is 13.1 Å². The molecule has 0 aliphatic rings. The third kappa shape index (κ3) is 7.67. The van der Waals surface area contributed by atoms with Gasteiger partial charge in [0, 0.05) is 25.2 Å². The number of aliphatic carboxylic acids is 1. The predicted octanol–water partition coefficient (Wildman–Crippen LogP) is 2.19.